The fourth-order valence-electron chi connectivity index (χ4n) is 5.18. The SMILES string of the molecule is CCN(c1cc(Cl)c2c(c1Cl)C(=O)N(Cc1c(=O)[nH]c(C)c3cn[nH]c13)CC2)C1CCOCC1. The number of benzene rings is 1. The summed E-state index contributed by atoms with van der Waals surface area (Å²) < 4.78 is 5.52. The van der Waals surface area contributed by atoms with E-state index in [2.05, 4.69) is 27.0 Å². The van der Waals surface area contributed by atoms with Crippen LogP contribution in [0.5, 0.6) is 0 Å². The van der Waals surface area contributed by atoms with Gasteiger partial charge in [0.1, 0.15) is 0 Å². The van der Waals surface area contributed by atoms with Crippen LogP contribution in [0.4, 0.5) is 5.69 Å². The van der Waals surface area contributed by atoms with Gasteiger partial charge in [0.05, 0.1) is 40.1 Å². The van der Waals surface area contributed by atoms with Crippen LogP contribution in [0.15, 0.2) is 17.1 Å². The zero-order valence-corrected chi connectivity index (χ0v) is 20.7. The van der Waals surface area contributed by atoms with E-state index >= 15 is 0 Å². The zero-order valence-electron chi connectivity index (χ0n) is 19.2. The Bertz CT molecular complexity index is 1310. The average Bonchev–Trinajstić information content (AvgIpc) is 3.32. The minimum Gasteiger partial charge on any atom is -0.381 e. The topological polar surface area (TPSA) is 94.3 Å². The third kappa shape index (κ3) is 3.87. The van der Waals surface area contributed by atoms with Gasteiger partial charge in [-0.25, -0.2) is 0 Å². The number of H-pyrrole nitrogens is 2. The number of carbonyl (C=O) groups is 1. The van der Waals surface area contributed by atoms with Gasteiger partial charge in [-0.15, -0.1) is 0 Å². The number of nitrogens with one attached hydrogen (secondary N) is 2. The van der Waals surface area contributed by atoms with E-state index in [9.17, 15) is 9.59 Å². The van der Waals surface area contributed by atoms with E-state index in [1.807, 2.05) is 13.0 Å². The summed E-state index contributed by atoms with van der Waals surface area (Å²) in [6, 6.07) is 2.17. The Morgan fingerprint density at radius 1 is 1.26 bits per heavy atom. The Labute approximate surface area is 207 Å². The molecule has 0 aliphatic carbocycles. The number of halogens is 2. The van der Waals surface area contributed by atoms with E-state index in [0.29, 0.717) is 52.9 Å². The predicted molar refractivity (Wildman–Crippen MR) is 133 cm³/mol. The molecule has 180 valence electrons. The molecule has 0 atom stereocenters. The first kappa shape index (κ1) is 23.2. The Kier molecular flexibility index (Phi) is 6.31. The van der Waals surface area contributed by atoms with E-state index < -0.39 is 0 Å². The van der Waals surface area contributed by atoms with Crippen LogP contribution in [0.2, 0.25) is 10.0 Å². The van der Waals surface area contributed by atoms with Crippen molar-refractivity contribution in [2.75, 3.05) is 31.2 Å². The normalized spacial score (nSPS) is 16.8. The molecule has 1 amide bonds. The molecule has 34 heavy (non-hydrogen) atoms. The summed E-state index contributed by atoms with van der Waals surface area (Å²) in [4.78, 5) is 33.2. The standard InChI is InChI=1S/C24H27Cl2N5O3/c1-3-31(14-5-8-34-9-6-14)19-10-18(25)15-4-7-30(24(33)20(15)21(19)26)12-17-22-16(11-27-29-22)13(2)28-23(17)32/h10-11,14H,3-9,12H2,1-2H3,(H,27,29)(H,28,32). The number of carbonyl (C=O) groups excluding carboxylic acids is 1. The first-order valence-electron chi connectivity index (χ1n) is 11.6. The zero-order chi connectivity index (χ0) is 24.0. The van der Waals surface area contributed by atoms with Crippen LogP contribution in [-0.4, -0.2) is 58.3 Å². The third-order valence-electron chi connectivity index (χ3n) is 6.98. The molecule has 10 heteroatoms. The molecule has 2 N–H and O–H groups in total. The molecular formula is C24H27Cl2N5O3. The summed E-state index contributed by atoms with van der Waals surface area (Å²) in [6.45, 7) is 6.66. The number of amides is 1. The van der Waals surface area contributed by atoms with Crippen LogP contribution in [-0.2, 0) is 17.7 Å². The first-order chi connectivity index (χ1) is 16.4. The second-order valence-electron chi connectivity index (χ2n) is 8.87. The van der Waals surface area contributed by atoms with Crippen molar-refractivity contribution in [3.05, 3.63) is 55.0 Å². The van der Waals surface area contributed by atoms with E-state index in [0.717, 1.165) is 41.7 Å². The van der Waals surface area contributed by atoms with Gasteiger partial charge in [-0.2, -0.15) is 5.10 Å². The number of rotatable bonds is 5. The minimum absolute atomic E-state index is 0.155. The van der Waals surface area contributed by atoms with Crippen molar-refractivity contribution < 1.29 is 9.53 Å². The molecule has 4 heterocycles. The van der Waals surface area contributed by atoms with Crippen LogP contribution >= 0.6 is 23.2 Å². The van der Waals surface area contributed by atoms with E-state index in [1.54, 1.807) is 11.1 Å². The van der Waals surface area contributed by atoms with Gasteiger partial charge in [0.25, 0.3) is 11.5 Å². The van der Waals surface area contributed by atoms with Gasteiger partial charge in [0, 0.05) is 48.4 Å². The Balaban J connectivity index is 1.52. The van der Waals surface area contributed by atoms with Crippen molar-refractivity contribution in [2.24, 2.45) is 0 Å². The Hall–Kier alpha value is -2.55. The minimum atomic E-state index is -0.234. The average molecular weight is 504 g/mol. The van der Waals surface area contributed by atoms with Crippen LogP contribution in [0, 0.1) is 6.92 Å². The quantitative estimate of drug-likeness (QED) is 0.547. The van der Waals surface area contributed by atoms with Crippen LogP contribution in [0.25, 0.3) is 10.9 Å². The number of aryl methyl sites for hydroxylation is 1. The van der Waals surface area contributed by atoms with Gasteiger partial charge < -0.3 is 19.5 Å². The van der Waals surface area contributed by atoms with Gasteiger partial charge >= 0.3 is 0 Å². The van der Waals surface area contributed by atoms with Gasteiger partial charge in [-0.3, -0.25) is 14.7 Å². The Morgan fingerprint density at radius 2 is 2.03 bits per heavy atom. The summed E-state index contributed by atoms with van der Waals surface area (Å²) in [7, 11) is 0. The van der Waals surface area contributed by atoms with Crippen molar-refractivity contribution >= 4 is 45.7 Å². The molecule has 1 aromatic carbocycles. The molecule has 2 aliphatic heterocycles. The van der Waals surface area contributed by atoms with Gasteiger partial charge in [0.15, 0.2) is 0 Å². The number of fused-ring (bicyclic) bond motifs is 2. The largest absolute Gasteiger partial charge is 0.381 e. The van der Waals surface area contributed by atoms with Crippen LogP contribution in [0.3, 0.4) is 0 Å². The highest BCUT2D eigenvalue weighted by Gasteiger charge is 2.33. The van der Waals surface area contributed by atoms with Crippen molar-refractivity contribution in [1.29, 1.82) is 0 Å². The van der Waals surface area contributed by atoms with E-state index in [1.165, 1.54) is 0 Å². The molecule has 5 rings (SSSR count). The summed E-state index contributed by atoms with van der Waals surface area (Å²) in [5.41, 5.74) is 3.61. The van der Waals surface area contributed by atoms with Gasteiger partial charge in [0.2, 0.25) is 0 Å². The highest BCUT2D eigenvalue weighted by Crippen LogP contribution is 2.41. The number of hydrogen-bond acceptors (Lipinski definition) is 5. The first-order valence-corrected chi connectivity index (χ1v) is 12.4. The molecular weight excluding hydrogens is 477 g/mol. The number of aromatic amines is 2. The van der Waals surface area contributed by atoms with Crippen LogP contribution in [0.1, 0.15) is 46.9 Å². The maximum absolute atomic E-state index is 13.7. The predicted octanol–water partition coefficient (Wildman–Crippen LogP) is 4.07. The third-order valence-corrected chi connectivity index (χ3v) is 7.70. The van der Waals surface area contributed by atoms with Crippen molar-refractivity contribution in [3.63, 3.8) is 0 Å². The summed E-state index contributed by atoms with van der Waals surface area (Å²) in [5.74, 6) is -0.217. The maximum Gasteiger partial charge on any atom is 0.256 e. The lowest BCUT2D eigenvalue weighted by Crippen LogP contribution is -2.41. The summed E-state index contributed by atoms with van der Waals surface area (Å²) >= 11 is 13.6. The fraction of sp³-hybridized carbons (Fsp3) is 0.458. The van der Waals surface area contributed by atoms with Crippen molar-refractivity contribution in [2.45, 2.75) is 45.7 Å². The summed E-state index contributed by atoms with van der Waals surface area (Å²) in [5, 5.41) is 8.80. The molecule has 1 saturated heterocycles. The maximum atomic E-state index is 13.7. The lowest BCUT2D eigenvalue weighted by molar-refractivity contribution is 0.0727. The van der Waals surface area contributed by atoms with Crippen molar-refractivity contribution in [1.82, 2.24) is 20.1 Å². The number of pyridine rings is 1. The molecule has 0 unspecified atom stereocenters. The highest BCUT2D eigenvalue weighted by atomic mass is 35.5. The number of hydrogen-bond donors (Lipinski definition) is 2. The number of ether oxygens (including phenoxy) is 1. The van der Waals surface area contributed by atoms with Crippen LogP contribution < -0.4 is 10.5 Å². The smallest absolute Gasteiger partial charge is 0.256 e. The highest BCUT2D eigenvalue weighted by molar-refractivity contribution is 6.39. The molecule has 3 aromatic rings. The number of aromatic nitrogens is 3. The fourth-order valence-corrected chi connectivity index (χ4v) is 5.83. The van der Waals surface area contributed by atoms with Crippen molar-refractivity contribution in [3.8, 4) is 0 Å². The second kappa shape index (κ2) is 9.24. The number of nitrogens with zero attached hydrogens (tertiary/aromatic N) is 3. The molecule has 0 spiro atoms. The molecule has 0 bridgehead atoms. The lowest BCUT2D eigenvalue weighted by atomic mass is 9.96. The van der Waals surface area contributed by atoms with Gasteiger partial charge in [-0.1, -0.05) is 23.2 Å². The number of anilines is 1. The van der Waals surface area contributed by atoms with E-state index in [4.69, 9.17) is 27.9 Å². The van der Waals surface area contributed by atoms with E-state index in [-0.39, 0.29) is 24.1 Å². The molecule has 2 aromatic heterocycles. The molecule has 8 nitrogen and oxygen atoms in total. The molecule has 0 saturated carbocycles. The van der Waals surface area contributed by atoms with Gasteiger partial charge in [-0.05, 0) is 44.7 Å². The Morgan fingerprint density at radius 3 is 2.76 bits per heavy atom. The molecule has 2 aliphatic rings. The monoisotopic (exact) mass is 503 g/mol. The second-order valence-corrected chi connectivity index (χ2v) is 9.65. The molecule has 1 fully saturated rings. The summed E-state index contributed by atoms with van der Waals surface area (Å²) in [6.07, 6.45) is 4.04. The molecule has 0 radical (unpaired) electrons. The lowest BCUT2D eigenvalue weighted by Gasteiger charge is -2.37.